The number of nitrogens with zero attached hydrogens (tertiary/aromatic N) is 3. The number of nitrogens with one attached hydrogen (secondary N) is 1. The van der Waals surface area contributed by atoms with Crippen molar-refractivity contribution in [3.05, 3.63) is 44.7 Å². The second-order valence-corrected chi connectivity index (χ2v) is 11.1. The Kier molecular flexibility index (Phi) is 6.72. The average molecular weight is 471 g/mol. The van der Waals surface area contributed by atoms with Crippen molar-refractivity contribution in [3.63, 3.8) is 0 Å². The third-order valence-electron chi connectivity index (χ3n) is 6.06. The molecule has 0 spiro atoms. The van der Waals surface area contributed by atoms with E-state index in [1.807, 2.05) is 19.1 Å². The molecular weight excluding hydrogens is 440 g/mol. The number of amides is 1. The van der Waals surface area contributed by atoms with Gasteiger partial charge in [-0.05, 0) is 62.1 Å². The molecule has 0 atom stereocenters. The average Bonchev–Trinajstić information content (AvgIpc) is 3.00. The number of anilines is 1. The van der Waals surface area contributed by atoms with Crippen LogP contribution in [0, 0.1) is 18.8 Å². The lowest BCUT2D eigenvalue weighted by Gasteiger charge is -2.27. The third-order valence-corrected chi connectivity index (χ3v) is 7.44. The fourth-order valence-electron chi connectivity index (χ4n) is 4.25. The van der Waals surface area contributed by atoms with Crippen molar-refractivity contribution in [3.8, 4) is 0 Å². The topological polar surface area (TPSA) is 66.7 Å². The highest BCUT2D eigenvalue weighted by molar-refractivity contribution is 8.26. The normalized spacial score (nSPS) is 23.0. The number of aromatic nitrogens is 2. The highest BCUT2D eigenvalue weighted by Crippen LogP contribution is 2.34. The summed E-state index contributed by atoms with van der Waals surface area (Å²) >= 11 is 6.70. The standard InChI is InChI=1S/C24H30N4O2S2/c1-14(2)12-28-23(30)19(32-24(28)31)11-18-21(25-17-8-5-15(3)6-9-17)26-20-10-7-16(4)13-27(20)22(18)29/h7,10-11,13-15,17,25H,5-6,8-9,12H2,1-4H3. The maximum Gasteiger partial charge on any atom is 0.267 e. The van der Waals surface area contributed by atoms with E-state index in [9.17, 15) is 9.59 Å². The Morgan fingerprint density at radius 3 is 2.66 bits per heavy atom. The molecule has 0 radical (unpaired) electrons. The fourth-order valence-corrected chi connectivity index (χ4v) is 5.51. The van der Waals surface area contributed by atoms with Crippen LogP contribution >= 0.6 is 24.0 Å². The molecule has 8 heteroatoms. The lowest BCUT2D eigenvalue weighted by atomic mass is 9.87. The molecule has 2 aliphatic rings. The van der Waals surface area contributed by atoms with Crippen molar-refractivity contribution in [1.82, 2.24) is 14.3 Å². The molecule has 3 heterocycles. The number of rotatable bonds is 5. The van der Waals surface area contributed by atoms with Gasteiger partial charge in [0.1, 0.15) is 15.8 Å². The van der Waals surface area contributed by atoms with Crippen LogP contribution in [0.25, 0.3) is 11.7 Å². The van der Waals surface area contributed by atoms with Gasteiger partial charge in [-0.25, -0.2) is 4.98 Å². The van der Waals surface area contributed by atoms with Crippen molar-refractivity contribution >= 4 is 51.7 Å². The van der Waals surface area contributed by atoms with Crippen molar-refractivity contribution in [1.29, 1.82) is 0 Å². The monoisotopic (exact) mass is 470 g/mol. The van der Waals surface area contributed by atoms with Gasteiger partial charge in [0.15, 0.2) is 0 Å². The molecule has 0 bridgehead atoms. The molecule has 1 aliphatic heterocycles. The summed E-state index contributed by atoms with van der Waals surface area (Å²) in [6.07, 6.45) is 7.88. The maximum absolute atomic E-state index is 13.5. The van der Waals surface area contributed by atoms with E-state index in [0.29, 0.717) is 38.7 Å². The van der Waals surface area contributed by atoms with E-state index in [4.69, 9.17) is 17.2 Å². The van der Waals surface area contributed by atoms with Crippen molar-refractivity contribution in [2.24, 2.45) is 11.8 Å². The number of hydrogen-bond donors (Lipinski definition) is 1. The molecule has 2 aromatic rings. The van der Waals surface area contributed by atoms with E-state index in [1.54, 1.807) is 21.6 Å². The molecule has 1 aliphatic carbocycles. The van der Waals surface area contributed by atoms with E-state index in [0.717, 1.165) is 37.2 Å². The summed E-state index contributed by atoms with van der Waals surface area (Å²) in [7, 11) is 0. The second kappa shape index (κ2) is 9.35. The molecule has 6 nitrogen and oxygen atoms in total. The Morgan fingerprint density at radius 1 is 1.25 bits per heavy atom. The molecule has 4 rings (SSSR count). The molecule has 1 saturated heterocycles. The Labute approximate surface area is 198 Å². The third kappa shape index (κ3) is 4.76. The van der Waals surface area contributed by atoms with E-state index >= 15 is 0 Å². The van der Waals surface area contributed by atoms with Gasteiger partial charge in [-0.3, -0.25) is 18.9 Å². The molecule has 1 N–H and O–H groups in total. The van der Waals surface area contributed by atoms with Crippen LogP contribution in [0.2, 0.25) is 0 Å². The van der Waals surface area contributed by atoms with Gasteiger partial charge in [0.05, 0.1) is 10.5 Å². The molecule has 2 aromatic heterocycles. The zero-order valence-electron chi connectivity index (χ0n) is 19.1. The molecular formula is C24H30N4O2S2. The van der Waals surface area contributed by atoms with Crippen LogP contribution in [0.1, 0.15) is 57.6 Å². The lowest BCUT2D eigenvalue weighted by Crippen LogP contribution is -2.31. The quantitative estimate of drug-likeness (QED) is 0.498. The Bertz CT molecular complexity index is 1150. The predicted octanol–water partition coefficient (Wildman–Crippen LogP) is 4.85. The van der Waals surface area contributed by atoms with Crippen LogP contribution in [-0.2, 0) is 4.79 Å². The number of thioether (sulfide) groups is 1. The number of thiocarbonyl (C=S) groups is 1. The van der Waals surface area contributed by atoms with Gasteiger partial charge in [0.2, 0.25) is 0 Å². The SMILES string of the molecule is Cc1ccc2nc(NC3CCC(C)CC3)c(C=C3SC(=S)N(CC(C)C)C3=O)c(=O)n2c1. The number of aryl methyl sites for hydroxylation is 1. The van der Waals surface area contributed by atoms with Gasteiger partial charge < -0.3 is 5.32 Å². The number of carbonyl (C=O) groups excluding carboxylic acids is 1. The van der Waals surface area contributed by atoms with Crippen molar-refractivity contribution < 1.29 is 4.79 Å². The summed E-state index contributed by atoms with van der Waals surface area (Å²) in [5.74, 6) is 1.44. The van der Waals surface area contributed by atoms with E-state index in [-0.39, 0.29) is 17.5 Å². The first kappa shape index (κ1) is 23.0. The van der Waals surface area contributed by atoms with E-state index in [2.05, 4.69) is 26.1 Å². The minimum absolute atomic E-state index is 0.139. The summed E-state index contributed by atoms with van der Waals surface area (Å²) in [6, 6.07) is 4.08. The number of fused-ring (bicyclic) bond motifs is 1. The number of pyridine rings is 1. The van der Waals surface area contributed by atoms with E-state index in [1.165, 1.54) is 11.8 Å². The van der Waals surface area contributed by atoms with E-state index < -0.39 is 0 Å². The first-order valence-electron chi connectivity index (χ1n) is 11.3. The molecule has 1 amide bonds. The van der Waals surface area contributed by atoms with Crippen LogP contribution < -0.4 is 10.9 Å². The molecule has 170 valence electrons. The summed E-state index contributed by atoms with van der Waals surface area (Å²) < 4.78 is 2.10. The molecule has 0 aromatic carbocycles. The van der Waals surface area contributed by atoms with Gasteiger partial charge in [-0.2, -0.15) is 0 Å². The Morgan fingerprint density at radius 2 is 1.97 bits per heavy atom. The largest absolute Gasteiger partial charge is 0.367 e. The van der Waals surface area contributed by atoms with Crippen LogP contribution in [0.15, 0.2) is 28.0 Å². The van der Waals surface area contributed by atoms with Crippen LogP contribution in [0.5, 0.6) is 0 Å². The fraction of sp³-hybridized carbons (Fsp3) is 0.500. The number of carbonyl (C=O) groups is 1. The first-order valence-corrected chi connectivity index (χ1v) is 12.5. The molecule has 32 heavy (non-hydrogen) atoms. The molecule has 1 saturated carbocycles. The molecule has 2 fully saturated rings. The van der Waals surface area contributed by atoms with Crippen molar-refractivity contribution in [2.45, 2.75) is 59.4 Å². The minimum Gasteiger partial charge on any atom is -0.367 e. The first-order chi connectivity index (χ1) is 15.2. The van der Waals surface area contributed by atoms with Gasteiger partial charge in [0, 0.05) is 18.8 Å². The number of hydrogen-bond acceptors (Lipinski definition) is 6. The smallest absolute Gasteiger partial charge is 0.267 e. The zero-order chi connectivity index (χ0) is 23.0. The van der Waals surface area contributed by atoms with Crippen LogP contribution in [-0.4, -0.2) is 37.1 Å². The van der Waals surface area contributed by atoms with Crippen LogP contribution in [0.3, 0.4) is 0 Å². The van der Waals surface area contributed by atoms with Gasteiger partial charge in [-0.15, -0.1) is 0 Å². The van der Waals surface area contributed by atoms with Gasteiger partial charge in [0.25, 0.3) is 11.5 Å². The summed E-state index contributed by atoms with van der Waals surface area (Å²) in [5, 5.41) is 3.53. The second-order valence-electron chi connectivity index (χ2n) is 9.40. The highest BCUT2D eigenvalue weighted by atomic mass is 32.2. The lowest BCUT2D eigenvalue weighted by molar-refractivity contribution is -0.122. The van der Waals surface area contributed by atoms with Crippen LogP contribution in [0.4, 0.5) is 5.82 Å². The highest BCUT2D eigenvalue weighted by Gasteiger charge is 2.33. The van der Waals surface area contributed by atoms with Gasteiger partial charge in [-0.1, -0.05) is 50.8 Å². The summed E-state index contributed by atoms with van der Waals surface area (Å²) in [5.41, 5.74) is 1.80. The maximum atomic E-state index is 13.5. The minimum atomic E-state index is -0.181. The van der Waals surface area contributed by atoms with Crippen molar-refractivity contribution in [2.75, 3.05) is 11.9 Å². The summed E-state index contributed by atoms with van der Waals surface area (Å²) in [6.45, 7) is 8.90. The predicted molar refractivity (Wildman–Crippen MR) is 136 cm³/mol. The zero-order valence-corrected chi connectivity index (χ0v) is 20.7. The van der Waals surface area contributed by atoms with Gasteiger partial charge >= 0.3 is 0 Å². The Balaban J connectivity index is 1.77. The Hall–Kier alpha value is -2.19. The summed E-state index contributed by atoms with van der Waals surface area (Å²) in [4.78, 5) is 33.4. The molecule has 0 unspecified atom stereocenters.